The third-order valence-electron chi connectivity index (χ3n) is 6.90. The molecule has 2 aliphatic carbocycles. The third kappa shape index (κ3) is 8.88. The summed E-state index contributed by atoms with van der Waals surface area (Å²) >= 11 is 0. The fraction of sp³-hybridized carbons (Fsp3) is 0.531. The lowest BCUT2D eigenvalue weighted by molar-refractivity contribution is -0.156. The average Bonchev–Trinajstić information content (AvgIpc) is 3.76. The van der Waals surface area contributed by atoms with Crippen molar-refractivity contribution in [2.24, 2.45) is 5.92 Å². The van der Waals surface area contributed by atoms with Crippen molar-refractivity contribution in [2.45, 2.75) is 97.1 Å². The van der Waals surface area contributed by atoms with Crippen molar-refractivity contribution >= 4 is 26.8 Å². The minimum atomic E-state index is -2.94. The van der Waals surface area contributed by atoms with Gasteiger partial charge in [-0.15, -0.1) is 0 Å². The maximum absolute atomic E-state index is 12.5. The molecule has 5 rings (SSSR count). The van der Waals surface area contributed by atoms with Gasteiger partial charge in [0.2, 0.25) is 10.0 Å². The molecule has 1 heterocycles. The Morgan fingerprint density at radius 2 is 1.60 bits per heavy atom. The van der Waals surface area contributed by atoms with Crippen molar-refractivity contribution in [1.82, 2.24) is 14.5 Å². The first-order chi connectivity index (χ1) is 19.9. The van der Waals surface area contributed by atoms with E-state index in [0.717, 1.165) is 47.6 Å². The highest BCUT2D eigenvalue weighted by atomic mass is 32.2. The maximum atomic E-state index is 12.5. The molecule has 2 aliphatic rings. The van der Waals surface area contributed by atoms with Crippen molar-refractivity contribution in [3.63, 3.8) is 0 Å². The Bertz CT molecular complexity index is 1500. The smallest absolute Gasteiger partial charge is 0.309 e. The number of ether oxygens (including phenoxy) is 2. The second-order valence-electron chi connectivity index (χ2n) is 11.6. The first-order valence-corrected chi connectivity index (χ1v) is 16.3. The van der Waals surface area contributed by atoms with E-state index in [4.69, 9.17) is 9.47 Å². The van der Waals surface area contributed by atoms with E-state index in [-0.39, 0.29) is 40.9 Å². The summed E-state index contributed by atoms with van der Waals surface area (Å²) in [6, 6.07) is 14.1. The van der Waals surface area contributed by atoms with Crippen LogP contribution in [0.4, 0.5) is 0 Å². The van der Waals surface area contributed by atoms with Gasteiger partial charge in [0.05, 0.1) is 36.1 Å². The van der Waals surface area contributed by atoms with E-state index >= 15 is 0 Å². The van der Waals surface area contributed by atoms with Crippen LogP contribution in [0.15, 0.2) is 53.5 Å². The quantitative estimate of drug-likeness (QED) is 0.322. The Balaban J connectivity index is 0.000000201. The number of rotatable bonds is 8. The van der Waals surface area contributed by atoms with Gasteiger partial charge >= 0.3 is 11.5 Å². The molecule has 0 atom stereocenters. The zero-order chi connectivity index (χ0) is 31.0. The van der Waals surface area contributed by atoms with Gasteiger partial charge in [0.1, 0.15) is 6.10 Å². The monoisotopic (exact) mass is 599 g/mol. The van der Waals surface area contributed by atoms with Gasteiger partial charge in [-0.2, -0.15) is 5.10 Å². The van der Waals surface area contributed by atoms with Gasteiger partial charge in [0, 0.05) is 6.04 Å². The highest BCUT2D eigenvalue weighted by Gasteiger charge is 2.35. The molecule has 0 bridgehead atoms. The van der Waals surface area contributed by atoms with Crippen LogP contribution >= 0.6 is 0 Å². The van der Waals surface area contributed by atoms with E-state index in [9.17, 15) is 18.0 Å². The zero-order valence-corrected chi connectivity index (χ0v) is 26.6. The van der Waals surface area contributed by atoms with Gasteiger partial charge in [-0.05, 0) is 76.1 Å². The maximum Gasteiger partial charge on any atom is 0.309 e. The van der Waals surface area contributed by atoms with Gasteiger partial charge < -0.3 is 9.47 Å². The molecule has 0 saturated heterocycles. The predicted octanol–water partition coefficient (Wildman–Crippen LogP) is 5.87. The minimum Gasteiger partial charge on any atom is -0.491 e. The Labute approximate surface area is 249 Å². The van der Waals surface area contributed by atoms with E-state index in [0.29, 0.717) is 5.75 Å². The SMILES string of the molecule is CC(C)C(=O)OC1CCC1.CC(C)NS(=O)(=O)C1CC1.COc1c(-c2cccc3ccccc23)cnn(C(C)C)c1=O. The highest BCUT2D eigenvalue weighted by molar-refractivity contribution is 7.90. The van der Waals surface area contributed by atoms with E-state index in [1.165, 1.54) is 18.2 Å². The summed E-state index contributed by atoms with van der Waals surface area (Å²) in [7, 11) is -1.41. The summed E-state index contributed by atoms with van der Waals surface area (Å²) in [6.07, 6.45) is 6.98. The van der Waals surface area contributed by atoms with Crippen molar-refractivity contribution in [3.05, 3.63) is 59.0 Å². The number of benzene rings is 2. The Morgan fingerprint density at radius 3 is 2.12 bits per heavy atom. The molecule has 230 valence electrons. The standard InChI is InChI=1S/C18H18N2O2.C8H14O2.C6H13NO2S/c1-12(2)20-18(21)17(22-3)16(11-19-20)15-10-6-8-13-7-4-5-9-14(13)15;1-6(2)8(9)10-7-4-3-5-7;1-5(2)7-10(8,9)6-3-4-6/h4-12H,1-3H3;6-7H,3-5H2,1-2H3;5-7H,3-4H2,1-2H3. The highest BCUT2D eigenvalue weighted by Crippen LogP contribution is 2.32. The molecule has 9 nitrogen and oxygen atoms in total. The van der Waals surface area contributed by atoms with Crippen LogP contribution in [-0.2, 0) is 19.6 Å². The van der Waals surface area contributed by atoms with Gasteiger partial charge in [0.25, 0.3) is 0 Å². The van der Waals surface area contributed by atoms with Crippen LogP contribution in [-0.4, -0.2) is 48.7 Å². The van der Waals surface area contributed by atoms with Crippen LogP contribution < -0.4 is 15.0 Å². The molecule has 3 aromatic rings. The lowest BCUT2D eigenvalue weighted by Crippen LogP contribution is -2.32. The molecule has 0 spiro atoms. The van der Waals surface area contributed by atoms with Gasteiger partial charge in [0.15, 0.2) is 5.75 Å². The summed E-state index contributed by atoms with van der Waals surface area (Å²) < 4.78 is 36.7. The number of hydrogen-bond acceptors (Lipinski definition) is 7. The molecule has 2 saturated carbocycles. The molecule has 2 fully saturated rings. The second-order valence-corrected chi connectivity index (χ2v) is 13.6. The van der Waals surface area contributed by atoms with E-state index < -0.39 is 10.0 Å². The molecule has 2 aromatic carbocycles. The normalized spacial score (nSPS) is 15.0. The van der Waals surface area contributed by atoms with Crippen LogP contribution in [0, 0.1) is 5.92 Å². The number of esters is 1. The Morgan fingerprint density at radius 1 is 0.952 bits per heavy atom. The zero-order valence-electron chi connectivity index (χ0n) is 25.8. The molecule has 0 radical (unpaired) electrons. The number of carbonyl (C=O) groups is 1. The molecular formula is C32H45N3O6S. The van der Waals surface area contributed by atoms with Crippen molar-refractivity contribution in [2.75, 3.05) is 7.11 Å². The van der Waals surface area contributed by atoms with Crippen LogP contribution in [0.2, 0.25) is 0 Å². The molecule has 42 heavy (non-hydrogen) atoms. The van der Waals surface area contributed by atoms with Gasteiger partial charge in [-0.1, -0.05) is 56.3 Å². The van der Waals surface area contributed by atoms with Crippen LogP contribution in [0.1, 0.15) is 79.7 Å². The Kier molecular flexibility index (Phi) is 11.7. The van der Waals surface area contributed by atoms with Gasteiger partial charge in [-0.3, -0.25) is 9.59 Å². The van der Waals surface area contributed by atoms with Crippen LogP contribution in [0.5, 0.6) is 5.75 Å². The van der Waals surface area contributed by atoms with Crippen LogP contribution in [0.25, 0.3) is 21.9 Å². The molecule has 1 N–H and O–H groups in total. The first-order valence-electron chi connectivity index (χ1n) is 14.7. The summed E-state index contributed by atoms with van der Waals surface area (Å²) in [5.74, 6) is 0.311. The third-order valence-corrected chi connectivity index (χ3v) is 9.05. The lowest BCUT2D eigenvalue weighted by atomic mass is 9.96. The summed E-state index contributed by atoms with van der Waals surface area (Å²) in [4.78, 5) is 23.5. The Hall–Kier alpha value is -3.24. The number of methoxy groups -OCH3 is 1. The largest absolute Gasteiger partial charge is 0.491 e. The second kappa shape index (κ2) is 14.8. The molecule has 0 unspecified atom stereocenters. The molecule has 1 aromatic heterocycles. The van der Waals surface area contributed by atoms with Crippen molar-refractivity contribution < 1.29 is 22.7 Å². The predicted molar refractivity (Wildman–Crippen MR) is 167 cm³/mol. The minimum absolute atomic E-state index is 0.0111. The van der Waals surface area contributed by atoms with Crippen molar-refractivity contribution in [1.29, 1.82) is 0 Å². The number of aromatic nitrogens is 2. The number of hydrogen-bond donors (Lipinski definition) is 1. The van der Waals surface area contributed by atoms with Crippen LogP contribution in [0.3, 0.4) is 0 Å². The van der Waals surface area contributed by atoms with E-state index in [1.807, 2.05) is 84.0 Å². The van der Waals surface area contributed by atoms with Gasteiger partial charge in [-0.25, -0.2) is 17.8 Å². The average molecular weight is 600 g/mol. The summed E-state index contributed by atoms with van der Waals surface area (Å²) in [5, 5.41) is 6.40. The topological polar surface area (TPSA) is 117 Å². The fourth-order valence-corrected chi connectivity index (χ4v) is 5.87. The molecule has 0 aliphatic heterocycles. The van der Waals surface area contributed by atoms with E-state index in [1.54, 1.807) is 6.20 Å². The lowest BCUT2D eigenvalue weighted by Gasteiger charge is -2.25. The number of nitrogens with zero attached hydrogens (tertiary/aromatic N) is 2. The summed E-state index contributed by atoms with van der Waals surface area (Å²) in [6.45, 7) is 11.2. The first kappa shape index (κ1) is 33.3. The number of carbonyl (C=O) groups excluding carboxylic acids is 1. The number of fused-ring (bicyclic) bond motifs is 1. The molecule has 0 amide bonds. The summed E-state index contributed by atoms with van der Waals surface area (Å²) in [5.41, 5.74) is 1.47. The molecule has 10 heteroatoms. The fourth-order valence-electron chi connectivity index (χ4n) is 4.26. The number of nitrogens with one attached hydrogen (secondary N) is 1. The van der Waals surface area contributed by atoms with E-state index in [2.05, 4.69) is 9.82 Å². The molecular weight excluding hydrogens is 554 g/mol. The number of sulfonamides is 1. The van der Waals surface area contributed by atoms with Crippen molar-refractivity contribution in [3.8, 4) is 16.9 Å².